The van der Waals surface area contributed by atoms with Gasteiger partial charge in [-0.3, -0.25) is 0 Å². The van der Waals surface area contributed by atoms with Gasteiger partial charge in [0.1, 0.15) is 0 Å². The Balaban J connectivity index is 2.08. The van der Waals surface area contributed by atoms with Gasteiger partial charge in [0.15, 0.2) is 0 Å². The van der Waals surface area contributed by atoms with Crippen LogP contribution in [0.3, 0.4) is 0 Å². The minimum Gasteiger partial charge on any atom is -0.317 e. The molecule has 5 nitrogen and oxygen atoms in total. The summed E-state index contributed by atoms with van der Waals surface area (Å²) in [5.74, 6) is 0. The van der Waals surface area contributed by atoms with Gasteiger partial charge in [0.05, 0.1) is 0 Å². The normalized spacial score (nSPS) is 25.4. The van der Waals surface area contributed by atoms with Crippen molar-refractivity contribution in [3.05, 3.63) is 0 Å². The maximum absolute atomic E-state index is 12.4. The molecule has 0 aromatic carbocycles. The molecule has 2 heterocycles. The molecule has 0 aromatic heterocycles. The lowest BCUT2D eigenvalue weighted by Crippen LogP contribution is -2.45. The monoisotopic (exact) mass is 275 g/mol. The van der Waals surface area contributed by atoms with Crippen LogP contribution < -0.4 is 5.32 Å². The number of piperidine rings is 1. The Morgan fingerprint density at radius 1 is 1.22 bits per heavy atom. The smallest absolute Gasteiger partial charge is 0.281 e. The molecule has 1 spiro atoms. The van der Waals surface area contributed by atoms with Gasteiger partial charge in [-0.1, -0.05) is 0 Å². The number of hydrogen-bond acceptors (Lipinski definition) is 3. The van der Waals surface area contributed by atoms with Gasteiger partial charge in [0.25, 0.3) is 10.2 Å². The fraction of sp³-hybridized carbons (Fsp3) is 1.00. The molecule has 2 aliphatic heterocycles. The molecular formula is C12H25N3O2S. The molecule has 2 rings (SSSR count). The van der Waals surface area contributed by atoms with Crippen molar-refractivity contribution in [2.45, 2.75) is 39.2 Å². The van der Waals surface area contributed by atoms with Gasteiger partial charge in [-0.05, 0) is 51.6 Å². The molecule has 2 aliphatic rings. The van der Waals surface area contributed by atoms with Crippen LogP contribution in [-0.2, 0) is 10.2 Å². The van der Waals surface area contributed by atoms with Crippen LogP contribution in [0.2, 0.25) is 0 Å². The lowest BCUT2D eigenvalue weighted by atomic mass is 9.78. The van der Waals surface area contributed by atoms with Crippen molar-refractivity contribution in [3.8, 4) is 0 Å². The Kier molecular flexibility index (Phi) is 4.02. The number of nitrogens with zero attached hydrogens (tertiary/aromatic N) is 2. The third kappa shape index (κ3) is 2.57. The van der Waals surface area contributed by atoms with Gasteiger partial charge in [0.2, 0.25) is 0 Å². The van der Waals surface area contributed by atoms with Gasteiger partial charge >= 0.3 is 0 Å². The van der Waals surface area contributed by atoms with Crippen LogP contribution in [0.25, 0.3) is 0 Å². The molecule has 0 radical (unpaired) electrons. The third-order valence-corrected chi connectivity index (χ3v) is 6.60. The summed E-state index contributed by atoms with van der Waals surface area (Å²) < 4.78 is 28.0. The molecular weight excluding hydrogens is 250 g/mol. The van der Waals surface area contributed by atoms with E-state index in [2.05, 4.69) is 5.32 Å². The van der Waals surface area contributed by atoms with E-state index in [1.54, 1.807) is 11.4 Å². The molecule has 0 aromatic rings. The Morgan fingerprint density at radius 3 is 2.39 bits per heavy atom. The van der Waals surface area contributed by atoms with Crippen LogP contribution in [-0.4, -0.2) is 56.3 Å². The predicted octanol–water partition coefficient (Wildman–Crippen LogP) is 0.647. The van der Waals surface area contributed by atoms with E-state index in [-0.39, 0.29) is 11.5 Å². The number of rotatable bonds is 3. The zero-order chi connectivity index (χ0) is 13.4. The van der Waals surface area contributed by atoms with E-state index in [0.717, 1.165) is 32.4 Å². The van der Waals surface area contributed by atoms with Crippen molar-refractivity contribution in [1.82, 2.24) is 13.9 Å². The second kappa shape index (κ2) is 5.07. The van der Waals surface area contributed by atoms with E-state index in [9.17, 15) is 8.42 Å². The molecule has 106 valence electrons. The fourth-order valence-corrected chi connectivity index (χ4v) is 4.56. The molecule has 1 N–H and O–H groups in total. The molecule has 2 saturated heterocycles. The van der Waals surface area contributed by atoms with Gasteiger partial charge in [0, 0.05) is 26.2 Å². The van der Waals surface area contributed by atoms with E-state index in [4.69, 9.17) is 0 Å². The highest BCUT2D eigenvalue weighted by Gasteiger charge is 2.44. The van der Waals surface area contributed by atoms with Crippen molar-refractivity contribution in [1.29, 1.82) is 0 Å². The maximum atomic E-state index is 12.4. The molecule has 0 amide bonds. The third-order valence-electron chi connectivity index (χ3n) is 4.48. The minimum absolute atomic E-state index is 0.0135. The molecule has 0 bridgehead atoms. The highest BCUT2D eigenvalue weighted by atomic mass is 32.2. The van der Waals surface area contributed by atoms with E-state index in [1.807, 2.05) is 13.8 Å². The quantitative estimate of drug-likeness (QED) is 0.823. The summed E-state index contributed by atoms with van der Waals surface area (Å²) >= 11 is 0. The second-order valence-corrected chi connectivity index (χ2v) is 7.94. The number of hydrogen-bond donors (Lipinski definition) is 1. The van der Waals surface area contributed by atoms with E-state index < -0.39 is 10.2 Å². The predicted molar refractivity (Wildman–Crippen MR) is 72.5 cm³/mol. The summed E-state index contributed by atoms with van der Waals surface area (Å²) in [5.41, 5.74) is 0.232. The Labute approximate surface area is 111 Å². The molecule has 0 aliphatic carbocycles. The zero-order valence-corrected chi connectivity index (χ0v) is 12.5. The van der Waals surface area contributed by atoms with Crippen LogP contribution >= 0.6 is 0 Å². The van der Waals surface area contributed by atoms with Crippen molar-refractivity contribution in [2.75, 3.05) is 33.2 Å². The van der Waals surface area contributed by atoms with Crippen LogP contribution in [0.15, 0.2) is 0 Å². The molecule has 0 saturated carbocycles. The molecule has 6 heteroatoms. The number of nitrogens with one attached hydrogen (secondary N) is 1. The minimum atomic E-state index is -3.27. The summed E-state index contributed by atoms with van der Waals surface area (Å²) in [5, 5.41) is 3.35. The summed E-state index contributed by atoms with van der Waals surface area (Å²) in [4.78, 5) is 0. The van der Waals surface area contributed by atoms with E-state index in [1.165, 1.54) is 4.31 Å². The molecule has 0 unspecified atom stereocenters. The first-order valence-electron chi connectivity index (χ1n) is 6.81. The average Bonchev–Trinajstić information content (AvgIpc) is 2.73. The van der Waals surface area contributed by atoms with E-state index >= 15 is 0 Å². The SMILES string of the molecule is CC(C)N(C)S(=O)(=O)N1CCC2(CCNCC2)C1. The largest absolute Gasteiger partial charge is 0.317 e. The summed E-state index contributed by atoms with van der Waals surface area (Å²) in [6.45, 7) is 7.25. The van der Waals surface area contributed by atoms with Crippen LogP contribution in [0.5, 0.6) is 0 Å². The van der Waals surface area contributed by atoms with Crippen LogP contribution in [0.4, 0.5) is 0 Å². The van der Waals surface area contributed by atoms with Gasteiger partial charge in [-0.15, -0.1) is 0 Å². The molecule has 0 atom stereocenters. The van der Waals surface area contributed by atoms with Crippen molar-refractivity contribution < 1.29 is 8.42 Å². The Morgan fingerprint density at radius 2 is 1.83 bits per heavy atom. The highest BCUT2D eigenvalue weighted by molar-refractivity contribution is 7.86. The van der Waals surface area contributed by atoms with Gasteiger partial charge in [-0.2, -0.15) is 17.0 Å². The molecule has 2 fully saturated rings. The molecule has 18 heavy (non-hydrogen) atoms. The first-order chi connectivity index (χ1) is 8.37. The maximum Gasteiger partial charge on any atom is 0.281 e. The topological polar surface area (TPSA) is 52.7 Å². The van der Waals surface area contributed by atoms with Gasteiger partial charge < -0.3 is 5.32 Å². The van der Waals surface area contributed by atoms with Crippen molar-refractivity contribution >= 4 is 10.2 Å². The standard InChI is InChI=1S/C12H25N3O2S/c1-11(2)14(3)18(16,17)15-9-6-12(10-15)4-7-13-8-5-12/h11,13H,4-10H2,1-3H3. The summed E-state index contributed by atoms with van der Waals surface area (Å²) in [6, 6.07) is 0.0135. The van der Waals surface area contributed by atoms with E-state index in [0.29, 0.717) is 13.1 Å². The second-order valence-electron chi connectivity index (χ2n) is 5.95. The summed E-state index contributed by atoms with van der Waals surface area (Å²) in [6.07, 6.45) is 3.22. The van der Waals surface area contributed by atoms with Crippen molar-refractivity contribution in [2.24, 2.45) is 5.41 Å². The van der Waals surface area contributed by atoms with Crippen LogP contribution in [0.1, 0.15) is 33.1 Å². The fourth-order valence-electron chi connectivity index (χ4n) is 2.90. The van der Waals surface area contributed by atoms with Crippen LogP contribution in [0, 0.1) is 5.41 Å². The van der Waals surface area contributed by atoms with Crippen molar-refractivity contribution in [3.63, 3.8) is 0 Å². The lowest BCUT2D eigenvalue weighted by Gasteiger charge is -2.34. The highest BCUT2D eigenvalue weighted by Crippen LogP contribution is 2.39. The Hall–Kier alpha value is -0.170. The zero-order valence-electron chi connectivity index (χ0n) is 11.6. The average molecular weight is 275 g/mol. The lowest BCUT2D eigenvalue weighted by molar-refractivity contribution is 0.215. The Bertz CT molecular complexity index is 388. The first kappa shape index (κ1) is 14.2. The summed E-state index contributed by atoms with van der Waals surface area (Å²) in [7, 11) is -1.59. The first-order valence-corrected chi connectivity index (χ1v) is 8.21. The van der Waals surface area contributed by atoms with Gasteiger partial charge in [-0.25, -0.2) is 0 Å².